The van der Waals surface area contributed by atoms with E-state index in [0.717, 1.165) is 5.56 Å². The molecule has 0 unspecified atom stereocenters. The van der Waals surface area contributed by atoms with Crippen LogP contribution in [0.25, 0.3) is 11.5 Å². The number of ether oxygens (including phenoxy) is 2. The molecule has 26 heavy (non-hydrogen) atoms. The molecule has 0 saturated carbocycles. The van der Waals surface area contributed by atoms with Crippen molar-refractivity contribution in [3.8, 4) is 17.2 Å². The smallest absolute Gasteiger partial charge is 0.325 e. The van der Waals surface area contributed by atoms with Crippen molar-refractivity contribution < 1.29 is 23.6 Å². The minimum atomic E-state index is -0.608. The van der Waals surface area contributed by atoms with Gasteiger partial charge in [-0.2, -0.15) is 16.3 Å². The molecule has 0 aliphatic carbocycles. The minimum absolute atomic E-state index is 0.137. The molecule has 134 valence electrons. The molecule has 2 aromatic heterocycles. The molecule has 0 radical (unpaired) electrons. The summed E-state index contributed by atoms with van der Waals surface area (Å²) in [5, 5.41) is 9.99. The topological polar surface area (TPSA) is 104 Å². The quantitative estimate of drug-likeness (QED) is 0.634. The summed E-state index contributed by atoms with van der Waals surface area (Å²) in [4.78, 5) is 27.9. The van der Waals surface area contributed by atoms with Crippen LogP contribution in [-0.4, -0.2) is 35.7 Å². The second kappa shape index (κ2) is 8.26. The summed E-state index contributed by atoms with van der Waals surface area (Å²) < 4.78 is 15.2. The first-order valence-electron chi connectivity index (χ1n) is 7.59. The largest absolute Gasteiger partial charge is 0.497 e. The van der Waals surface area contributed by atoms with E-state index in [1.165, 1.54) is 18.4 Å². The average molecular weight is 373 g/mol. The number of nitrogens with zero attached hydrogens (tertiary/aromatic N) is 2. The van der Waals surface area contributed by atoms with E-state index < -0.39 is 11.9 Å². The van der Waals surface area contributed by atoms with Crippen molar-refractivity contribution >= 4 is 23.2 Å². The second-order valence-electron chi connectivity index (χ2n) is 5.10. The zero-order valence-electron chi connectivity index (χ0n) is 13.8. The van der Waals surface area contributed by atoms with Crippen LogP contribution in [0.1, 0.15) is 16.2 Å². The molecule has 3 rings (SSSR count). The van der Waals surface area contributed by atoms with Gasteiger partial charge in [-0.15, -0.1) is 0 Å². The Kier molecular flexibility index (Phi) is 5.59. The minimum Gasteiger partial charge on any atom is -0.497 e. The summed E-state index contributed by atoms with van der Waals surface area (Å²) in [6.45, 7) is -0.410. The Bertz CT molecular complexity index is 891. The van der Waals surface area contributed by atoms with E-state index in [0.29, 0.717) is 17.2 Å². The third-order valence-electron chi connectivity index (χ3n) is 3.32. The van der Waals surface area contributed by atoms with Gasteiger partial charge in [0.15, 0.2) is 6.61 Å². The van der Waals surface area contributed by atoms with E-state index >= 15 is 0 Å². The standard InChI is InChI=1S/C17H15N3O5S/c1-23-13-4-2-3-11(7-13)16(22)18-8-15(21)24-9-14-19-17(25-20-14)12-5-6-26-10-12/h2-7,10H,8-9H2,1H3,(H,18,22). The molecule has 1 N–H and O–H groups in total. The summed E-state index contributed by atoms with van der Waals surface area (Å²) in [6, 6.07) is 8.45. The van der Waals surface area contributed by atoms with Gasteiger partial charge in [-0.3, -0.25) is 9.59 Å². The molecular weight excluding hydrogens is 358 g/mol. The number of thiophene rings is 1. The summed E-state index contributed by atoms with van der Waals surface area (Å²) >= 11 is 1.51. The van der Waals surface area contributed by atoms with Crippen LogP contribution < -0.4 is 10.1 Å². The Morgan fingerprint density at radius 3 is 2.96 bits per heavy atom. The van der Waals surface area contributed by atoms with Gasteiger partial charge in [0.25, 0.3) is 11.8 Å². The maximum Gasteiger partial charge on any atom is 0.325 e. The predicted octanol–water partition coefficient (Wildman–Crippen LogP) is 2.28. The Labute approximate surface area is 152 Å². The number of amides is 1. The van der Waals surface area contributed by atoms with Crippen LogP contribution in [0.15, 0.2) is 45.6 Å². The molecule has 0 aliphatic rings. The predicted molar refractivity (Wildman–Crippen MR) is 92.7 cm³/mol. The van der Waals surface area contributed by atoms with E-state index in [-0.39, 0.29) is 19.0 Å². The van der Waals surface area contributed by atoms with Crippen molar-refractivity contribution in [1.29, 1.82) is 0 Å². The zero-order valence-corrected chi connectivity index (χ0v) is 14.6. The highest BCUT2D eigenvalue weighted by Crippen LogP contribution is 2.19. The number of rotatable bonds is 7. The molecule has 8 nitrogen and oxygen atoms in total. The van der Waals surface area contributed by atoms with Gasteiger partial charge in [0.2, 0.25) is 5.82 Å². The number of hydrogen-bond donors (Lipinski definition) is 1. The first kappa shape index (κ1) is 17.6. The van der Waals surface area contributed by atoms with Crippen molar-refractivity contribution in [1.82, 2.24) is 15.5 Å². The Morgan fingerprint density at radius 1 is 1.31 bits per heavy atom. The number of benzene rings is 1. The molecular formula is C17H15N3O5S. The summed E-state index contributed by atoms with van der Waals surface area (Å²) in [5.74, 6) is 0.157. The van der Waals surface area contributed by atoms with E-state index in [1.54, 1.807) is 24.3 Å². The number of methoxy groups -OCH3 is 1. The SMILES string of the molecule is COc1cccc(C(=O)NCC(=O)OCc2noc(-c3ccsc3)n2)c1. The Hall–Kier alpha value is -3.20. The highest BCUT2D eigenvalue weighted by Gasteiger charge is 2.13. The first-order chi connectivity index (χ1) is 12.7. The fraction of sp³-hybridized carbons (Fsp3) is 0.176. The lowest BCUT2D eigenvalue weighted by Gasteiger charge is -2.06. The molecule has 2 heterocycles. The number of carbonyl (C=O) groups is 2. The number of hydrogen-bond acceptors (Lipinski definition) is 8. The Balaban J connectivity index is 1.46. The highest BCUT2D eigenvalue weighted by molar-refractivity contribution is 7.08. The molecule has 0 bridgehead atoms. The molecule has 0 fully saturated rings. The van der Waals surface area contributed by atoms with Gasteiger partial charge < -0.3 is 19.3 Å². The second-order valence-corrected chi connectivity index (χ2v) is 5.88. The normalized spacial score (nSPS) is 10.3. The molecule has 0 spiro atoms. The van der Waals surface area contributed by atoms with Gasteiger partial charge in [-0.1, -0.05) is 11.2 Å². The maximum absolute atomic E-state index is 12.0. The maximum atomic E-state index is 12.0. The van der Waals surface area contributed by atoms with Crippen LogP contribution in [0, 0.1) is 0 Å². The molecule has 0 aliphatic heterocycles. The van der Waals surface area contributed by atoms with Crippen LogP contribution >= 0.6 is 11.3 Å². The molecule has 0 saturated heterocycles. The van der Waals surface area contributed by atoms with E-state index in [1.807, 2.05) is 16.8 Å². The van der Waals surface area contributed by atoms with Crippen molar-refractivity contribution in [2.24, 2.45) is 0 Å². The van der Waals surface area contributed by atoms with Crippen molar-refractivity contribution in [3.05, 3.63) is 52.5 Å². The number of esters is 1. The van der Waals surface area contributed by atoms with E-state index in [4.69, 9.17) is 14.0 Å². The molecule has 1 amide bonds. The van der Waals surface area contributed by atoms with Crippen LogP contribution in [0.3, 0.4) is 0 Å². The van der Waals surface area contributed by atoms with Crippen LogP contribution in [0.4, 0.5) is 0 Å². The Morgan fingerprint density at radius 2 is 2.19 bits per heavy atom. The lowest BCUT2D eigenvalue weighted by Crippen LogP contribution is -2.30. The fourth-order valence-electron chi connectivity index (χ4n) is 2.03. The lowest BCUT2D eigenvalue weighted by atomic mass is 10.2. The highest BCUT2D eigenvalue weighted by atomic mass is 32.1. The van der Waals surface area contributed by atoms with Crippen LogP contribution in [0.2, 0.25) is 0 Å². The van der Waals surface area contributed by atoms with Gasteiger partial charge in [-0.25, -0.2) is 0 Å². The fourth-order valence-corrected chi connectivity index (χ4v) is 2.66. The van der Waals surface area contributed by atoms with Crippen LogP contribution in [0.5, 0.6) is 5.75 Å². The van der Waals surface area contributed by atoms with Gasteiger partial charge >= 0.3 is 5.97 Å². The van der Waals surface area contributed by atoms with Gasteiger partial charge in [0.1, 0.15) is 12.3 Å². The third-order valence-corrected chi connectivity index (χ3v) is 4.01. The molecule has 0 atom stereocenters. The average Bonchev–Trinajstić information content (AvgIpc) is 3.35. The van der Waals surface area contributed by atoms with Crippen molar-refractivity contribution in [2.75, 3.05) is 13.7 Å². The molecule has 1 aromatic carbocycles. The summed E-state index contributed by atoms with van der Waals surface area (Å²) in [7, 11) is 1.51. The summed E-state index contributed by atoms with van der Waals surface area (Å²) in [6.07, 6.45) is 0. The van der Waals surface area contributed by atoms with Gasteiger partial charge in [0.05, 0.1) is 12.7 Å². The van der Waals surface area contributed by atoms with Gasteiger partial charge in [-0.05, 0) is 29.6 Å². The van der Waals surface area contributed by atoms with Crippen molar-refractivity contribution in [3.63, 3.8) is 0 Å². The lowest BCUT2D eigenvalue weighted by molar-refractivity contribution is -0.143. The zero-order chi connectivity index (χ0) is 18.4. The number of aromatic nitrogens is 2. The molecule has 9 heteroatoms. The van der Waals surface area contributed by atoms with E-state index in [2.05, 4.69) is 15.5 Å². The van der Waals surface area contributed by atoms with E-state index in [9.17, 15) is 9.59 Å². The van der Waals surface area contributed by atoms with Crippen LogP contribution in [-0.2, 0) is 16.1 Å². The van der Waals surface area contributed by atoms with Gasteiger partial charge in [0, 0.05) is 10.9 Å². The first-order valence-corrected chi connectivity index (χ1v) is 8.53. The number of nitrogens with one attached hydrogen (secondary N) is 1. The van der Waals surface area contributed by atoms with Crippen molar-refractivity contribution in [2.45, 2.75) is 6.61 Å². The monoisotopic (exact) mass is 373 g/mol. The number of carbonyl (C=O) groups excluding carboxylic acids is 2. The molecule has 3 aromatic rings. The third kappa shape index (κ3) is 4.45. The summed E-state index contributed by atoms with van der Waals surface area (Å²) in [5.41, 5.74) is 1.20.